The van der Waals surface area contributed by atoms with Crippen molar-refractivity contribution in [3.63, 3.8) is 0 Å². The number of piperazine rings is 1. The second-order valence-corrected chi connectivity index (χ2v) is 7.51. The van der Waals surface area contributed by atoms with Gasteiger partial charge >= 0.3 is 0 Å². The van der Waals surface area contributed by atoms with Gasteiger partial charge in [0.2, 0.25) is 5.91 Å². The molecular formula is C21H31N3O2. The van der Waals surface area contributed by atoms with Crippen LogP contribution >= 0.6 is 0 Å². The van der Waals surface area contributed by atoms with Gasteiger partial charge in [-0.05, 0) is 49.9 Å². The monoisotopic (exact) mass is 357 g/mol. The summed E-state index contributed by atoms with van der Waals surface area (Å²) < 4.78 is 0. The molecule has 0 saturated carbocycles. The Morgan fingerprint density at radius 1 is 1.04 bits per heavy atom. The van der Waals surface area contributed by atoms with Crippen molar-refractivity contribution in [3.8, 4) is 0 Å². The van der Waals surface area contributed by atoms with Crippen LogP contribution in [0.1, 0.15) is 55.8 Å². The first-order valence-electron chi connectivity index (χ1n) is 10.0. The zero-order chi connectivity index (χ0) is 18.5. The maximum atomic E-state index is 13.1. The van der Waals surface area contributed by atoms with Crippen LogP contribution in [0, 0.1) is 0 Å². The number of hydrogen-bond acceptors (Lipinski definition) is 3. The van der Waals surface area contributed by atoms with Crippen LogP contribution in [0.3, 0.4) is 0 Å². The fourth-order valence-electron chi connectivity index (χ4n) is 3.96. The molecule has 0 N–H and O–H groups in total. The van der Waals surface area contributed by atoms with Gasteiger partial charge in [-0.15, -0.1) is 0 Å². The molecule has 0 spiro atoms. The predicted molar refractivity (Wildman–Crippen MR) is 104 cm³/mol. The average molecular weight is 357 g/mol. The SMILES string of the molecule is CCCC[C@@H]1C(=O)N(C)CCN1C(=O)c1ccc(N2CCCCC2)cc1. The van der Waals surface area contributed by atoms with Gasteiger partial charge in [-0.3, -0.25) is 9.59 Å². The summed E-state index contributed by atoms with van der Waals surface area (Å²) in [5, 5.41) is 0. The summed E-state index contributed by atoms with van der Waals surface area (Å²) in [7, 11) is 1.83. The van der Waals surface area contributed by atoms with Crippen molar-refractivity contribution >= 4 is 17.5 Å². The van der Waals surface area contributed by atoms with Gasteiger partial charge in [0, 0.05) is 44.5 Å². The van der Waals surface area contributed by atoms with Crippen LogP contribution in [0.5, 0.6) is 0 Å². The van der Waals surface area contributed by atoms with Gasteiger partial charge in [0.1, 0.15) is 6.04 Å². The van der Waals surface area contributed by atoms with Gasteiger partial charge in [0.25, 0.3) is 5.91 Å². The Morgan fingerprint density at radius 2 is 1.73 bits per heavy atom. The Balaban J connectivity index is 1.72. The van der Waals surface area contributed by atoms with Crippen LogP contribution in [-0.4, -0.2) is 60.9 Å². The van der Waals surface area contributed by atoms with E-state index in [1.807, 2.05) is 19.2 Å². The fraction of sp³-hybridized carbons (Fsp3) is 0.619. The summed E-state index contributed by atoms with van der Waals surface area (Å²) in [4.78, 5) is 31.5. The van der Waals surface area contributed by atoms with Gasteiger partial charge in [-0.25, -0.2) is 0 Å². The van der Waals surface area contributed by atoms with Crippen molar-refractivity contribution in [3.05, 3.63) is 29.8 Å². The number of rotatable bonds is 5. The van der Waals surface area contributed by atoms with Crippen LogP contribution in [0.15, 0.2) is 24.3 Å². The standard InChI is InChI=1S/C21H31N3O2/c1-3-4-8-19-21(26)22(2)15-16-24(19)20(25)17-9-11-18(12-10-17)23-13-6-5-7-14-23/h9-12,19H,3-8,13-16H2,1-2H3/t19-/m1/s1. The van der Waals surface area contributed by atoms with Gasteiger partial charge in [-0.1, -0.05) is 19.8 Å². The highest BCUT2D eigenvalue weighted by Crippen LogP contribution is 2.23. The van der Waals surface area contributed by atoms with E-state index in [1.54, 1.807) is 9.80 Å². The minimum Gasteiger partial charge on any atom is -0.372 e. The molecule has 5 nitrogen and oxygen atoms in total. The average Bonchev–Trinajstić information content (AvgIpc) is 2.69. The molecule has 142 valence electrons. The number of likely N-dealkylation sites (N-methyl/N-ethyl adjacent to an activating group) is 1. The van der Waals surface area contributed by atoms with Gasteiger partial charge < -0.3 is 14.7 Å². The number of amides is 2. The lowest BCUT2D eigenvalue weighted by molar-refractivity contribution is -0.138. The second-order valence-electron chi connectivity index (χ2n) is 7.51. The molecule has 2 fully saturated rings. The molecule has 2 aliphatic rings. The third kappa shape index (κ3) is 4.02. The lowest BCUT2D eigenvalue weighted by atomic mass is 10.0. The van der Waals surface area contributed by atoms with Gasteiger partial charge in [0.05, 0.1) is 0 Å². The molecule has 1 aromatic rings. The van der Waals surface area contributed by atoms with E-state index in [0.717, 1.165) is 32.4 Å². The predicted octanol–water partition coefficient (Wildman–Crippen LogP) is 3.15. The summed E-state index contributed by atoms with van der Waals surface area (Å²) >= 11 is 0. The van der Waals surface area contributed by atoms with E-state index in [0.29, 0.717) is 18.7 Å². The van der Waals surface area contributed by atoms with Crippen LogP contribution in [0.4, 0.5) is 5.69 Å². The lowest BCUT2D eigenvalue weighted by Gasteiger charge is -2.39. The highest BCUT2D eigenvalue weighted by molar-refractivity contribution is 5.98. The smallest absolute Gasteiger partial charge is 0.254 e. The maximum Gasteiger partial charge on any atom is 0.254 e. The van der Waals surface area contributed by atoms with Crippen molar-refractivity contribution in [2.75, 3.05) is 38.1 Å². The lowest BCUT2D eigenvalue weighted by Crippen LogP contribution is -2.57. The molecule has 2 heterocycles. The van der Waals surface area contributed by atoms with Crippen molar-refractivity contribution in [2.45, 2.75) is 51.5 Å². The van der Waals surface area contributed by atoms with E-state index < -0.39 is 0 Å². The summed E-state index contributed by atoms with van der Waals surface area (Å²) in [6, 6.07) is 7.63. The number of carbonyl (C=O) groups is 2. The third-order valence-corrected chi connectivity index (χ3v) is 5.64. The Kier molecular flexibility index (Phi) is 6.17. The summed E-state index contributed by atoms with van der Waals surface area (Å²) in [5.74, 6) is 0.0562. The Labute approximate surface area is 156 Å². The number of piperidine rings is 1. The fourth-order valence-corrected chi connectivity index (χ4v) is 3.96. The molecular weight excluding hydrogens is 326 g/mol. The van der Waals surface area contributed by atoms with Gasteiger partial charge in [-0.2, -0.15) is 0 Å². The first-order chi connectivity index (χ1) is 12.6. The Hall–Kier alpha value is -2.04. The summed E-state index contributed by atoms with van der Waals surface area (Å²) in [5.41, 5.74) is 1.88. The third-order valence-electron chi connectivity index (χ3n) is 5.64. The first kappa shape index (κ1) is 18.7. The van der Waals surface area contributed by atoms with E-state index >= 15 is 0 Å². The zero-order valence-corrected chi connectivity index (χ0v) is 16.1. The largest absolute Gasteiger partial charge is 0.372 e. The maximum absolute atomic E-state index is 13.1. The quantitative estimate of drug-likeness (QED) is 0.813. The van der Waals surface area contributed by atoms with E-state index in [1.165, 1.54) is 24.9 Å². The van der Waals surface area contributed by atoms with Crippen LogP contribution in [0.2, 0.25) is 0 Å². The molecule has 0 aliphatic carbocycles. The molecule has 0 aromatic heterocycles. The number of hydrogen-bond donors (Lipinski definition) is 0. The van der Waals surface area contributed by atoms with E-state index in [4.69, 9.17) is 0 Å². The number of unbranched alkanes of at least 4 members (excludes halogenated alkanes) is 1. The number of nitrogens with zero attached hydrogens (tertiary/aromatic N) is 3. The van der Waals surface area contributed by atoms with Crippen LogP contribution in [0.25, 0.3) is 0 Å². The zero-order valence-electron chi connectivity index (χ0n) is 16.1. The molecule has 1 aromatic carbocycles. The molecule has 0 radical (unpaired) electrons. The summed E-state index contributed by atoms with van der Waals surface area (Å²) in [6.45, 7) is 5.53. The van der Waals surface area contributed by atoms with Crippen molar-refractivity contribution < 1.29 is 9.59 Å². The van der Waals surface area contributed by atoms with Crippen molar-refractivity contribution in [1.82, 2.24) is 9.80 Å². The van der Waals surface area contributed by atoms with Crippen LogP contribution in [-0.2, 0) is 4.79 Å². The highest BCUT2D eigenvalue weighted by Gasteiger charge is 2.35. The molecule has 0 bridgehead atoms. The highest BCUT2D eigenvalue weighted by atomic mass is 16.2. The molecule has 2 aliphatic heterocycles. The Morgan fingerprint density at radius 3 is 2.38 bits per heavy atom. The number of anilines is 1. The van der Waals surface area contributed by atoms with E-state index in [-0.39, 0.29) is 17.9 Å². The molecule has 0 unspecified atom stereocenters. The topological polar surface area (TPSA) is 43.9 Å². The van der Waals surface area contributed by atoms with E-state index in [9.17, 15) is 9.59 Å². The van der Waals surface area contributed by atoms with Crippen LogP contribution < -0.4 is 4.90 Å². The number of benzene rings is 1. The second kappa shape index (κ2) is 8.56. The molecule has 5 heteroatoms. The van der Waals surface area contributed by atoms with Gasteiger partial charge in [0.15, 0.2) is 0 Å². The van der Waals surface area contributed by atoms with Crippen molar-refractivity contribution in [2.24, 2.45) is 0 Å². The molecule has 1 atom stereocenters. The minimum absolute atomic E-state index is 0.0160. The molecule has 2 saturated heterocycles. The minimum atomic E-state index is -0.317. The van der Waals surface area contributed by atoms with E-state index in [2.05, 4.69) is 24.0 Å². The normalized spacial score (nSPS) is 21.2. The molecule has 26 heavy (non-hydrogen) atoms. The Bertz CT molecular complexity index is 623. The molecule has 2 amide bonds. The summed E-state index contributed by atoms with van der Waals surface area (Å²) in [6.07, 6.45) is 6.52. The van der Waals surface area contributed by atoms with Crippen molar-refractivity contribution in [1.29, 1.82) is 0 Å². The molecule has 3 rings (SSSR count). The number of carbonyl (C=O) groups excluding carboxylic acids is 2. The first-order valence-corrected chi connectivity index (χ1v) is 10.0.